The zero-order valence-corrected chi connectivity index (χ0v) is 13.2. The Morgan fingerprint density at radius 3 is 2.77 bits per heavy atom. The van der Waals surface area contributed by atoms with Crippen LogP contribution in [0, 0.1) is 0 Å². The molecule has 2 rings (SSSR count). The van der Waals surface area contributed by atoms with Gasteiger partial charge in [0.25, 0.3) is 0 Å². The van der Waals surface area contributed by atoms with E-state index < -0.39 is 5.97 Å². The Morgan fingerprint density at radius 2 is 2.09 bits per heavy atom. The highest BCUT2D eigenvalue weighted by atomic mass is 16.5. The molecular formula is C17H23NO4. The summed E-state index contributed by atoms with van der Waals surface area (Å²) in [5.74, 6) is -0.892. The van der Waals surface area contributed by atoms with Crippen molar-refractivity contribution >= 4 is 11.9 Å². The second kappa shape index (κ2) is 6.92. The highest BCUT2D eigenvalue weighted by Gasteiger charge is 2.32. The molecule has 0 radical (unpaired) electrons. The number of rotatable bonds is 5. The second-order valence-electron chi connectivity index (χ2n) is 5.93. The molecule has 0 aromatic heterocycles. The molecule has 1 aliphatic rings. The highest BCUT2D eigenvalue weighted by Crippen LogP contribution is 2.22. The lowest BCUT2D eigenvalue weighted by Gasteiger charge is -2.40. The molecule has 5 nitrogen and oxygen atoms in total. The molecule has 1 aromatic carbocycles. The van der Waals surface area contributed by atoms with Crippen LogP contribution >= 0.6 is 0 Å². The van der Waals surface area contributed by atoms with Crippen molar-refractivity contribution in [3.05, 3.63) is 35.4 Å². The summed E-state index contributed by atoms with van der Waals surface area (Å²) in [6.07, 6.45) is 1.63. The molecule has 0 aliphatic carbocycles. The Balaban J connectivity index is 1.97. The predicted octanol–water partition coefficient (Wildman–Crippen LogP) is 2.34. The van der Waals surface area contributed by atoms with Gasteiger partial charge in [0, 0.05) is 19.5 Å². The number of hydrogen-bond donors (Lipinski definition) is 1. The van der Waals surface area contributed by atoms with Crippen LogP contribution in [0.5, 0.6) is 0 Å². The van der Waals surface area contributed by atoms with Gasteiger partial charge in [-0.15, -0.1) is 0 Å². The first-order valence-electron chi connectivity index (χ1n) is 7.68. The van der Waals surface area contributed by atoms with Gasteiger partial charge in [0.15, 0.2) is 0 Å². The molecule has 1 unspecified atom stereocenters. The molecule has 120 valence electrons. The number of carboxylic acids is 1. The van der Waals surface area contributed by atoms with Gasteiger partial charge in [0.05, 0.1) is 17.8 Å². The molecule has 1 amide bonds. The monoisotopic (exact) mass is 305 g/mol. The fraction of sp³-hybridized carbons (Fsp3) is 0.529. The normalized spacial score (nSPS) is 21.6. The number of amides is 1. The maximum Gasteiger partial charge on any atom is 0.335 e. The number of carbonyl (C=O) groups is 2. The molecule has 1 atom stereocenters. The summed E-state index contributed by atoms with van der Waals surface area (Å²) in [7, 11) is 0. The van der Waals surface area contributed by atoms with Gasteiger partial charge < -0.3 is 14.7 Å². The molecule has 1 saturated heterocycles. The average Bonchev–Trinajstić information content (AvgIpc) is 2.52. The summed E-state index contributed by atoms with van der Waals surface area (Å²) in [5, 5.41) is 9.17. The Labute approximate surface area is 130 Å². The van der Waals surface area contributed by atoms with Gasteiger partial charge in [-0.3, -0.25) is 4.79 Å². The topological polar surface area (TPSA) is 66.8 Å². The van der Waals surface area contributed by atoms with E-state index in [-0.39, 0.29) is 17.1 Å². The van der Waals surface area contributed by atoms with Crippen molar-refractivity contribution in [2.24, 2.45) is 0 Å². The van der Waals surface area contributed by atoms with Gasteiger partial charge in [0.1, 0.15) is 0 Å². The molecule has 22 heavy (non-hydrogen) atoms. The lowest BCUT2D eigenvalue weighted by Crippen LogP contribution is -2.51. The van der Waals surface area contributed by atoms with E-state index in [1.54, 1.807) is 24.3 Å². The van der Waals surface area contributed by atoms with Gasteiger partial charge in [-0.2, -0.15) is 0 Å². The number of aryl methyl sites for hydroxylation is 1. The third-order valence-electron chi connectivity index (χ3n) is 4.29. The van der Waals surface area contributed by atoms with E-state index in [9.17, 15) is 9.59 Å². The highest BCUT2D eigenvalue weighted by molar-refractivity contribution is 5.89. The van der Waals surface area contributed by atoms with Crippen molar-refractivity contribution in [3.8, 4) is 0 Å². The first kappa shape index (κ1) is 16.5. The van der Waals surface area contributed by atoms with Crippen LogP contribution in [0.15, 0.2) is 24.3 Å². The van der Waals surface area contributed by atoms with Gasteiger partial charge in [-0.05, 0) is 31.4 Å². The fourth-order valence-corrected chi connectivity index (χ4v) is 2.70. The van der Waals surface area contributed by atoms with Crippen LogP contribution in [0.4, 0.5) is 0 Å². The van der Waals surface area contributed by atoms with Crippen LogP contribution in [0.3, 0.4) is 0 Å². The number of aromatic carboxylic acids is 1. The van der Waals surface area contributed by atoms with Crippen molar-refractivity contribution in [1.29, 1.82) is 0 Å². The third kappa shape index (κ3) is 3.85. The summed E-state index contributed by atoms with van der Waals surface area (Å²) in [6.45, 7) is 5.84. The molecule has 0 saturated carbocycles. The van der Waals surface area contributed by atoms with Gasteiger partial charge in [-0.1, -0.05) is 25.1 Å². The number of nitrogens with zero attached hydrogens (tertiary/aromatic N) is 1. The van der Waals surface area contributed by atoms with Crippen molar-refractivity contribution in [2.45, 2.75) is 38.7 Å². The maximum absolute atomic E-state index is 12.4. The Hall–Kier alpha value is -1.88. The quantitative estimate of drug-likeness (QED) is 0.906. The second-order valence-corrected chi connectivity index (χ2v) is 5.93. The van der Waals surface area contributed by atoms with Crippen LogP contribution < -0.4 is 0 Å². The van der Waals surface area contributed by atoms with Gasteiger partial charge in [0.2, 0.25) is 5.91 Å². The van der Waals surface area contributed by atoms with E-state index in [2.05, 4.69) is 6.92 Å². The molecule has 1 aliphatic heterocycles. The van der Waals surface area contributed by atoms with Gasteiger partial charge >= 0.3 is 5.97 Å². The van der Waals surface area contributed by atoms with E-state index in [1.165, 1.54) is 0 Å². The molecular weight excluding hydrogens is 282 g/mol. The summed E-state index contributed by atoms with van der Waals surface area (Å²) >= 11 is 0. The van der Waals surface area contributed by atoms with Crippen LogP contribution in [0.2, 0.25) is 0 Å². The van der Waals surface area contributed by atoms with E-state index in [0.29, 0.717) is 38.1 Å². The predicted molar refractivity (Wildman–Crippen MR) is 83.0 cm³/mol. The number of carboxylic acid groups (broad SMARTS) is 1. The Bertz CT molecular complexity index is 557. The van der Waals surface area contributed by atoms with Crippen molar-refractivity contribution in [3.63, 3.8) is 0 Å². The summed E-state index contributed by atoms with van der Waals surface area (Å²) < 4.78 is 5.74. The Kier molecular flexibility index (Phi) is 5.19. The summed E-state index contributed by atoms with van der Waals surface area (Å²) in [4.78, 5) is 25.4. The van der Waals surface area contributed by atoms with E-state index in [1.807, 2.05) is 11.8 Å². The molecule has 0 spiro atoms. The first-order valence-corrected chi connectivity index (χ1v) is 7.68. The zero-order chi connectivity index (χ0) is 16.2. The number of benzene rings is 1. The SMILES string of the molecule is CCC1(C)CN(C(=O)CCc2ccccc2C(=O)O)CCO1. The molecule has 1 N–H and O–H groups in total. The summed E-state index contributed by atoms with van der Waals surface area (Å²) in [5.41, 5.74) is 0.706. The maximum atomic E-state index is 12.4. The van der Waals surface area contributed by atoms with E-state index in [4.69, 9.17) is 9.84 Å². The van der Waals surface area contributed by atoms with Crippen LogP contribution in [-0.2, 0) is 16.0 Å². The number of carbonyl (C=O) groups excluding carboxylic acids is 1. The molecule has 1 aromatic rings. The smallest absolute Gasteiger partial charge is 0.335 e. The minimum atomic E-state index is -0.951. The van der Waals surface area contributed by atoms with Crippen molar-refractivity contribution in [2.75, 3.05) is 19.7 Å². The molecule has 5 heteroatoms. The molecule has 1 fully saturated rings. The molecule has 1 heterocycles. The third-order valence-corrected chi connectivity index (χ3v) is 4.29. The minimum absolute atomic E-state index is 0.0585. The van der Waals surface area contributed by atoms with Crippen molar-refractivity contribution in [1.82, 2.24) is 4.90 Å². The van der Waals surface area contributed by atoms with E-state index in [0.717, 1.165) is 6.42 Å². The largest absolute Gasteiger partial charge is 0.478 e. The number of hydrogen-bond acceptors (Lipinski definition) is 3. The Morgan fingerprint density at radius 1 is 1.36 bits per heavy atom. The zero-order valence-electron chi connectivity index (χ0n) is 13.2. The molecule has 0 bridgehead atoms. The summed E-state index contributed by atoms with van der Waals surface area (Å²) in [6, 6.07) is 6.84. The van der Waals surface area contributed by atoms with Crippen LogP contribution in [-0.4, -0.2) is 47.2 Å². The fourth-order valence-electron chi connectivity index (χ4n) is 2.70. The van der Waals surface area contributed by atoms with Gasteiger partial charge in [-0.25, -0.2) is 4.79 Å². The van der Waals surface area contributed by atoms with Crippen molar-refractivity contribution < 1.29 is 19.4 Å². The standard InChI is InChI=1S/C17H23NO4/c1-3-17(2)12-18(10-11-22-17)15(19)9-8-13-6-4-5-7-14(13)16(20)21/h4-7H,3,8-12H2,1-2H3,(H,20,21). The van der Waals surface area contributed by atoms with Crippen LogP contribution in [0.25, 0.3) is 0 Å². The van der Waals surface area contributed by atoms with E-state index >= 15 is 0 Å². The lowest BCUT2D eigenvalue weighted by atomic mass is 9.99. The van der Waals surface area contributed by atoms with Crippen LogP contribution in [0.1, 0.15) is 42.6 Å². The number of morpholine rings is 1. The number of ether oxygens (including phenoxy) is 1. The lowest BCUT2D eigenvalue weighted by molar-refractivity contribution is -0.148. The minimum Gasteiger partial charge on any atom is -0.478 e. The first-order chi connectivity index (χ1) is 10.4. The average molecular weight is 305 g/mol.